The number of hydrogen-bond donors (Lipinski definition) is 1. The number of pyridine rings is 1. The van der Waals surface area contributed by atoms with Gasteiger partial charge < -0.3 is 19.5 Å². The standard InChI is InChI=1S/C27H31N3O4/c1-32-23-11-7-9-21(17-23)18-29-26(31)20-30-15-5-2-6-16-33-24-12-3-4-13-25(24)34-27-22(19-30)10-8-14-28-27/h3-4,7-14,17H,2,5-6,15-16,18-20H2,1H3,(H,29,31). The van der Waals surface area contributed by atoms with Crippen LogP contribution in [0.15, 0.2) is 66.9 Å². The fraction of sp³-hybridized carbons (Fsp3) is 0.333. The van der Waals surface area contributed by atoms with Crippen LogP contribution in [0.1, 0.15) is 30.4 Å². The summed E-state index contributed by atoms with van der Waals surface area (Å²) in [7, 11) is 1.64. The quantitative estimate of drug-likeness (QED) is 0.600. The average Bonchev–Trinajstić information content (AvgIpc) is 2.88. The van der Waals surface area contributed by atoms with E-state index < -0.39 is 0 Å². The summed E-state index contributed by atoms with van der Waals surface area (Å²) >= 11 is 0. The molecule has 1 N–H and O–H groups in total. The molecule has 0 bridgehead atoms. The lowest BCUT2D eigenvalue weighted by atomic mass is 10.2. The van der Waals surface area contributed by atoms with Crippen LogP contribution in [0.25, 0.3) is 0 Å². The van der Waals surface area contributed by atoms with E-state index in [1.807, 2.05) is 60.7 Å². The number of benzene rings is 2. The molecule has 178 valence electrons. The number of hydrogen-bond acceptors (Lipinski definition) is 6. The number of nitrogens with zero attached hydrogens (tertiary/aromatic N) is 2. The zero-order valence-corrected chi connectivity index (χ0v) is 19.5. The normalized spacial score (nSPS) is 14.6. The van der Waals surface area contributed by atoms with E-state index in [4.69, 9.17) is 14.2 Å². The van der Waals surface area contributed by atoms with Crippen LogP contribution >= 0.6 is 0 Å². The van der Waals surface area contributed by atoms with E-state index in [0.29, 0.717) is 43.6 Å². The number of carbonyl (C=O) groups excluding carboxylic acids is 1. The zero-order chi connectivity index (χ0) is 23.6. The Morgan fingerprint density at radius 2 is 1.94 bits per heavy atom. The highest BCUT2D eigenvalue weighted by atomic mass is 16.5. The average molecular weight is 462 g/mol. The van der Waals surface area contributed by atoms with Gasteiger partial charge in [-0.15, -0.1) is 0 Å². The minimum Gasteiger partial charge on any atom is -0.497 e. The third kappa shape index (κ3) is 6.71. The molecule has 1 aromatic heterocycles. The van der Waals surface area contributed by atoms with Gasteiger partial charge in [0.1, 0.15) is 5.75 Å². The fourth-order valence-electron chi connectivity index (χ4n) is 3.89. The monoisotopic (exact) mass is 461 g/mol. The minimum absolute atomic E-state index is 0.0211. The van der Waals surface area contributed by atoms with Gasteiger partial charge >= 0.3 is 0 Å². The van der Waals surface area contributed by atoms with Crippen molar-refractivity contribution < 1.29 is 19.0 Å². The predicted octanol–water partition coefficient (Wildman–Crippen LogP) is 4.56. The van der Waals surface area contributed by atoms with E-state index >= 15 is 0 Å². The van der Waals surface area contributed by atoms with Crippen LogP contribution in [0.2, 0.25) is 0 Å². The lowest BCUT2D eigenvalue weighted by molar-refractivity contribution is -0.122. The van der Waals surface area contributed by atoms with Gasteiger partial charge in [-0.05, 0) is 61.7 Å². The highest BCUT2D eigenvalue weighted by Gasteiger charge is 2.17. The largest absolute Gasteiger partial charge is 0.497 e. The van der Waals surface area contributed by atoms with E-state index in [-0.39, 0.29) is 5.91 Å². The lowest BCUT2D eigenvalue weighted by Crippen LogP contribution is -2.37. The Balaban J connectivity index is 1.45. The molecule has 7 nitrogen and oxygen atoms in total. The maximum Gasteiger partial charge on any atom is 0.234 e. The van der Waals surface area contributed by atoms with E-state index in [0.717, 1.165) is 42.7 Å². The van der Waals surface area contributed by atoms with Gasteiger partial charge in [0.15, 0.2) is 11.5 Å². The zero-order valence-electron chi connectivity index (χ0n) is 19.5. The SMILES string of the molecule is COc1cccc(CNC(=O)CN2CCCCCOc3ccccc3Oc3ncccc3C2)c1. The Morgan fingerprint density at radius 3 is 2.82 bits per heavy atom. The minimum atomic E-state index is -0.0211. The number of carbonyl (C=O) groups is 1. The summed E-state index contributed by atoms with van der Waals surface area (Å²) in [6.45, 7) is 2.74. The molecule has 1 aliphatic rings. The van der Waals surface area contributed by atoms with Crippen LogP contribution in [0.5, 0.6) is 23.1 Å². The smallest absolute Gasteiger partial charge is 0.234 e. The van der Waals surface area contributed by atoms with Gasteiger partial charge in [0, 0.05) is 24.8 Å². The number of nitrogens with one attached hydrogen (secondary N) is 1. The van der Waals surface area contributed by atoms with E-state index in [2.05, 4.69) is 15.2 Å². The Bertz CT molecular complexity index is 1090. The van der Waals surface area contributed by atoms with Crippen LogP contribution in [0.3, 0.4) is 0 Å². The summed E-state index contributed by atoms with van der Waals surface area (Å²) in [5.74, 6) is 2.64. The second kappa shape index (κ2) is 12.0. The summed E-state index contributed by atoms with van der Waals surface area (Å²) < 4.78 is 17.4. The van der Waals surface area contributed by atoms with Gasteiger partial charge in [0.25, 0.3) is 0 Å². The summed E-state index contributed by atoms with van der Waals surface area (Å²) in [5, 5.41) is 3.03. The molecule has 1 amide bonds. The Morgan fingerprint density at radius 1 is 1.06 bits per heavy atom. The molecule has 0 saturated heterocycles. The van der Waals surface area contributed by atoms with E-state index in [9.17, 15) is 4.79 Å². The van der Waals surface area contributed by atoms with Gasteiger partial charge in [0.05, 0.1) is 20.3 Å². The molecule has 7 heteroatoms. The molecule has 2 aromatic carbocycles. The molecule has 0 atom stereocenters. The number of amides is 1. The summed E-state index contributed by atoms with van der Waals surface area (Å²) in [4.78, 5) is 19.4. The molecule has 3 aromatic rings. The van der Waals surface area contributed by atoms with Gasteiger partial charge in [-0.1, -0.05) is 30.3 Å². The molecule has 0 unspecified atom stereocenters. The highest BCUT2D eigenvalue weighted by Crippen LogP contribution is 2.32. The molecule has 0 fully saturated rings. The first-order valence-electron chi connectivity index (χ1n) is 11.7. The topological polar surface area (TPSA) is 72.9 Å². The predicted molar refractivity (Wildman–Crippen MR) is 130 cm³/mol. The molecular weight excluding hydrogens is 430 g/mol. The first-order chi connectivity index (χ1) is 16.7. The van der Waals surface area contributed by atoms with Crippen LogP contribution in [0.4, 0.5) is 0 Å². The van der Waals surface area contributed by atoms with E-state index in [1.54, 1.807) is 13.3 Å². The van der Waals surface area contributed by atoms with E-state index in [1.165, 1.54) is 0 Å². The molecule has 0 radical (unpaired) electrons. The molecule has 0 aliphatic carbocycles. The first kappa shape index (κ1) is 23.6. The maximum atomic E-state index is 12.8. The number of fused-ring (bicyclic) bond motifs is 2. The van der Waals surface area contributed by atoms with Crippen molar-refractivity contribution in [2.24, 2.45) is 0 Å². The summed E-state index contributed by atoms with van der Waals surface area (Å²) in [5.41, 5.74) is 1.93. The highest BCUT2D eigenvalue weighted by molar-refractivity contribution is 5.78. The summed E-state index contributed by atoms with van der Waals surface area (Å²) in [6.07, 6.45) is 4.65. The third-order valence-corrected chi connectivity index (χ3v) is 5.67. The number of aromatic nitrogens is 1. The van der Waals surface area contributed by atoms with Crippen molar-refractivity contribution in [1.29, 1.82) is 0 Å². The van der Waals surface area contributed by atoms with Gasteiger partial charge in [-0.2, -0.15) is 0 Å². The van der Waals surface area contributed by atoms with Crippen LogP contribution in [-0.2, 0) is 17.9 Å². The Hall–Kier alpha value is -3.58. The van der Waals surface area contributed by atoms with Crippen molar-refractivity contribution in [3.05, 3.63) is 78.0 Å². The van der Waals surface area contributed by atoms with Crippen molar-refractivity contribution in [1.82, 2.24) is 15.2 Å². The molecule has 1 aliphatic heterocycles. The van der Waals surface area contributed by atoms with Crippen molar-refractivity contribution in [3.63, 3.8) is 0 Å². The number of ether oxygens (including phenoxy) is 3. The van der Waals surface area contributed by atoms with Crippen molar-refractivity contribution >= 4 is 5.91 Å². The van der Waals surface area contributed by atoms with Crippen LogP contribution in [-0.4, -0.2) is 42.6 Å². The van der Waals surface area contributed by atoms with Gasteiger partial charge in [-0.25, -0.2) is 4.98 Å². The van der Waals surface area contributed by atoms with Gasteiger partial charge in [0.2, 0.25) is 11.8 Å². The molecular formula is C27H31N3O4. The molecule has 2 heterocycles. The Labute approximate surface area is 200 Å². The van der Waals surface area contributed by atoms with Gasteiger partial charge in [-0.3, -0.25) is 9.69 Å². The lowest BCUT2D eigenvalue weighted by Gasteiger charge is -2.22. The molecule has 0 spiro atoms. The van der Waals surface area contributed by atoms with Crippen LogP contribution < -0.4 is 19.5 Å². The van der Waals surface area contributed by atoms with Crippen molar-refractivity contribution in [2.75, 3.05) is 26.8 Å². The fourth-order valence-corrected chi connectivity index (χ4v) is 3.89. The number of para-hydroxylation sites is 2. The number of rotatable bonds is 5. The molecule has 34 heavy (non-hydrogen) atoms. The second-order valence-corrected chi connectivity index (χ2v) is 8.26. The summed E-state index contributed by atoms with van der Waals surface area (Å²) in [6, 6.07) is 19.3. The molecule has 4 rings (SSSR count). The second-order valence-electron chi connectivity index (χ2n) is 8.26. The molecule has 0 saturated carbocycles. The number of methoxy groups -OCH3 is 1. The third-order valence-electron chi connectivity index (χ3n) is 5.67. The first-order valence-corrected chi connectivity index (χ1v) is 11.7. The van der Waals surface area contributed by atoms with Crippen LogP contribution in [0, 0.1) is 0 Å². The van der Waals surface area contributed by atoms with Crippen molar-refractivity contribution in [2.45, 2.75) is 32.4 Å². The maximum absolute atomic E-state index is 12.8. The van der Waals surface area contributed by atoms with Crippen molar-refractivity contribution in [3.8, 4) is 23.1 Å². The Kier molecular flexibility index (Phi) is 8.35.